The number of nitrogens with zero attached hydrogens (tertiary/aromatic N) is 4. The van der Waals surface area contributed by atoms with Gasteiger partial charge < -0.3 is 19.9 Å². The van der Waals surface area contributed by atoms with Crippen molar-refractivity contribution in [3.05, 3.63) is 58.9 Å². The molecule has 0 bridgehead atoms. The van der Waals surface area contributed by atoms with Gasteiger partial charge in [-0.15, -0.1) is 0 Å². The van der Waals surface area contributed by atoms with Crippen molar-refractivity contribution in [2.75, 3.05) is 39.3 Å². The second-order valence-corrected chi connectivity index (χ2v) is 8.81. The molecule has 0 radical (unpaired) electrons. The SMILES string of the molecule is CCOC(=O)C1=C(CN2CCN(Cc3nc(C(C)C)no3)CC2)NC(=O)N[C@H]1c1ccccc1. The minimum atomic E-state index is -0.557. The largest absolute Gasteiger partial charge is 0.463 e. The molecule has 10 heteroatoms. The summed E-state index contributed by atoms with van der Waals surface area (Å²) in [6.07, 6.45) is 0. The maximum Gasteiger partial charge on any atom is 0.338 e. The Morgan fingerprint density at radius 2 is 1.82 bits per heavy atom. The van der Waals surface area contributed by atoms with E-state index in [1.807, 2.05) is 44.2 Å². The molecule has 1 aromatic carbocycles. The van der Waals surface area contributed by atoms with E-state index in [2.05, 4.69) is 30.6 Å². The molecule has 1 saturated heterocycles. The Kier molecular flexibility index (Phi) is 7.59. The highest BCUT2D eigenvalue weighted by atomic mass is 16.5. The fourth-order valence-corrected chi connectivity index (χ4v) is 4.18. The van der Waals surface area contributed by atoms with Crippen molar-refractivity contribution in [2.45, 2.75) is 39.3 Å². The van der Waals surface area contributed by atoms with Gasteiger partial charge in [-0.1, -0.05) is 49.3 Å². The van der Waals surface area contributed by atoms with Gasteiger partial charge >= 0.3 is 12.0 Å². The molecule has 2 aliphatic heterocycles. The molecule has 2 amide bonds. The topological polar surface area (TPSA) is 113 Å². The molecular weight excluding hydrogens is 436 g/mol. The number of amides is 2. The number of hydrogen-bond acceptors (Lipinski definition) is 8. The van der Waals surface area contributed by atoms with Crippen LogP contribution in [0.1, 0.15) is 50.0 Å². The van der Waals surface area contributed by atoms with Gasteiger partial charge in [-0.05, 0) is 12.5 Å². The van der Waals surface area contributed by atoms with Crippen molar-refractivity contribution in [1.29, 1.82) is 0 Å². The Labute approximate surface area is 199 Å². The Balaban J connectivity index is 1.45. The number of ether oxygens (including phenoxy) is 1. The molecule has 1 fully saturated rings. The van der Waals surface area contributed by atoms with Crippen LogP contribution in [0.5, 0.6) is 0 Å². The molecular formula is C24H32N6O4. The molecule has 34 heavy (non-hydrogen) atoms. The first-order valence-electron chi connectivity index (χ1n) is 11.7. The van der Waals surface area contributed by atoms with Crippen LogP contribution in [-0.2, 0) is 16.1 Å². The van der Waals surface area contributed by atoms with Crippen LogP contribution in [0, 0.1) is 0 Å². The van der Waals surface area contributed by atoms with Crippen molar-refractivity contribution >= 4 is 12.0 Å². The molecule has 4 rings (SSSR count). The van der Waals surface area contributed by atoms with Crippen LogP contribution in [-0.4, -0.2) is 71.3 Å². The Morgan fingerprint density at radius 3 is 2.44 bits per heavy atom. The highest BCUT2D eigenvalue weighted by Gasteiger charge is 2.34. The average Bonchev–Trinajstić information content (AvgIpc) is 3.29. The lowest BCUT2D eigenvalue weighted by Gasteiger charge is -2.36. The highest BCUT2D eigenvalue weighted by Crippen LogP contribution is 2.28. The van der Waals surface area contributed by atoms with E-state index >= 15 is 0 Å². The van der Waals surface area contributed by atoms with Crippen LogP contribution in [0.25, 0.3) is 0 Å². The van der Waals surface area contributed by atoms with Crippen LogP contribution < -0.4 is 10.6 Å². The molecule has 3 heterocycles. The third-order valence-electron chi connectivity index (χ3n) is 5.99. The molecule has 2 aromatic rings. The number of benzene rings is 1. The summed E-state index contributed by atoms with van der Waals surface area (Å²) in [6, 6.07) is 8.59. The van der Waals surface area contributed by atoms with Crippen molar-refractivity contribution in [3.8, 4) is 0 Å². The normalized spacial score (nSPS) is 19.8. The van der Waals surface area contributed by atoms with E-state index in [9.17, 15) is 9.59 Å². The van der Waals surface area contributed by atoms with Gasteiger partial charge in [0.15, 0.2) is 5.82 Å². The Hall–Kier alpha value is -3.24. The first kappa shape index (κ1) is 23.9. The molecule has 1 aromatic heterocycles. The second-order valence-electron chi connectivity index (χ2n) is 8.81. The Morgan fingerprint density at radius 1 is 1.15 bits per heavy atom. The number of aromatic nitrogens is 2. The monoisotopic (exact) mass is 468 g/mol. The highest BCUT2D eigenvalue weighted by molar-refractivity contribution is 5.95. The van der Waals surface area contributed by atoms with Crippen LogP contribution in [0.3, 0.4) is 0 Å². The number of urea groups is 1. The summed E-state index contributed by atoms with van der Waals surface area (Å²) >= 11 is 0. The van der Waals surface area contributed by atoms with Gasteiger partial charge in [-0.2, -0.15) is 4.98 Å². The quantitative estimate of drug-likeness (QED) is 0.567. The first-order valence-corrected chi connectivity index (χ1v) is 11.7. The number of carbonyl (C=O) groups excluding carboxylic acids is 2. The van der Waals surface area contributed by atoms with Crippen LogP contribution in [0.15, 0.2) is 46.1 Å². The molecule has 0 unspecified atom stereocenters. The number of hydrogen-bond donors (Lipinski definition) is 2. The van der Waals surface area contributed by atoms with Crippen molar-refractivity contribution in [3.63, 3.8) is 0 Å². The van der Waals surface area contributed by atoms with Gasteiger partial charge in [0, 0.05) is 44.3 Å². The molecule has 0 aliphatic carbocycles. The first-order chi connectivity index (χ1) is 16.4. The molecule has 182 valence electrons. The third-order valence-corrected chi connectivity index (χ3v) is 5.99. The summed E-state index contributed by atoms with van der Waals surface area (Å²) in [5, 5.41) is 9.77. The summed E-state index contributed by atoms with van der Waals surface area (Å²) in [7, 11) is 0. The summed E-state index contributed by atoms with van der Waals surface area (Å²) in [4.78, 5) is 34.4. The lowest BCUT2D eigenvalue weighted by atomic mass is 9.95. The molecule has 10 nitrogen and oxygen atoms in total. The van der Waals surface area contributed by atoms with E-state index in [0.29, 0.717) is 30.3 Å². The number of carbonyl (C=O) groups is 2. The Bertz CT molecular complexity index is 1030. The van der Waals surface area contributed by atoms with E-state index in [1.54, 1.807) is 6.92 Å². The number of esters is 1. The molecule has 2 aliphatic rings. The molecule has 1 atom stereocenters. The van der Waals surface area contributed by atoms with E-state index in [0.717, 1.165) is 37.6 Å². The maximum absolute atomic E-state index is 12.9. The van der Waals surface area contributed by atoms with Crippen molar-refractivity contribution < 1.29 is 18.8 Å². The van der Waals surface area contributed by atoms with Crippen LogP contribution in [0.2, 0.25) is 0 Å². The summed E-state index contributed by atoms with van der Waals surface area (Å²) < 4.78 is 10.7. The smallest absolute Gasteiger partial charge is 0.338 e. The molecule has 0 saturated carbocycles. The number of piperazine rings is 1. The fourth-order valence-electron chi connectivity index (χ4n) is 4.18. The minimum absolute atomic E-state index is 0.233. The van der Waals surface area contributed by atoms with Crippen LogP contribution in [0.4, 0.5) is 4.79 Å². The van der Waals surface area contributed by atoms with Gasteiger partial charge in [0.2, 0.25) is 5.89 Å². The summed E-state index contributed by atoms with van der Waals surface area (Å²) in [6.45, 7) is 10.4. The van der Waals surface area contributed by atoms with E-state index in [1.165, 1.54) is 0 Å². The standard InChI is InChI=1S/C24H32N6O4/c1-4-33-23(31)20-18(25-24(32)27-21(20)17-8-6-5-7-9-17)14-29-10-12-30(13-11-29)15-19-26-22(16(2)3)28-34-19/h5-9,16,21H,4,10-15H2,1-3H3,(H2,25,27,32)/t21-/m0/s1. The zero-order valence-electron chi connectivity index (χ0n) is 19.9. The zero-order chi connectivity index (χ0) is 24.1. The molecule has 0 spiro atoms. The summed E-state index contributed by atoms with van der Waals surface area (Å²) in [5.74, 6) is 1.16. The lowest BCUT2D eigenvalue weighted by Crippen LogP contribution is -2.51. The number of nitrogens with one attached hydrogen (secondary N) is 2. The van der Waals surface area contributed by atoms with Crippen molar-refractivity contribution in [1.82, 2.24) is 30.6 Å². The zero-order valence-corrected chi connectivity index (χ0v) is 19.9. The second kappa shape index (κ2) is 10.8. The predicted octanol–water partition coefficient (Wildman–Crippen LogP) is 2.18. The minimum Gasteiger partial charge on any atom is -0.463 e. The third kappa shape index (κ3) is 5.63. The van der Waals surface area contributed by atoms with Crippen molar-refractivity contribution in [2.24, 2.45) is 0 Å². The summed E-state index contributed by atoms with van der Waals surface area (Å²) in [5.41, 5.74) is 1.87. The predicted molar refractivity (Wildman–Crippen MR) is 125 cm³/mol. The maximum atomic E-state index is 12.9. The van der Waals surface area contributed by atoms with E-state index in [4.69, 9.17) is 9.26 Å². The van der Waals surface area contributed by atoms with Gasteiger partial charge in [0.05, 0.1) is 24.8 Å². The number of rotatable bonds is 8. The van der Waals surface area contributed by atoms with Gasteiger partial charge in [-0.25, -0.2) is 9.59 Å². The molecule has 2 N–H and O–H groups in total. The fraction of sp³-hybridized carbons (Fsp3) is 0.500. The van der Waals surface area contributed by atoms with Gasteiger partial charge in [0.25, 0.3) is 0 Å². The van der Waals surface area contributed by atoms with E-state index in [-0.39, 0.29) is 18.6 Å². The van der Waals surface area contributed by atoms with Gasteiger partial charge in [0.1, 0.15) is 0 Å². The van der Waals surface area contributed by atoms with Gasteiger partial charge in [-0.3, -0.25) is 9.80 Å². The van der Waals surface area contributed by atoms with E-state index < -0.39 is 12.0 Å². The lowest BCUT2D eigenvalue weighted by molar-refractivity contribution is -0.139. The average molecular weight is 469 g/mol. The van der Waals surface area contributed by atoms with Crippen LogP contribution >= 0.6 is 0 Å².